The number of nitrogens with zero attached hydrogens (tertiary/aromatic N) is 2. The Kier molecular flexibility index (Phi) is 5.34. The summed E-state index contributed by atoms with van der Waals surface area (Å²) >= 11 is 6.15. The third kappa shape index (κ3) is 4.56. The van der Waals surface area contributed by atoms with Gasteiger partial charge in [-0.15, -0.1) is 0 Å². The highest BCUT2D eigenvalue weighted by Gasteiger charge is 2.11. The van der Waals surface area contributed by atoms with Crippen molar-refractivity contribution in [3.63, 3.8) is 0 Å². The van der Waals surface area contributed by atoms with Crippen molar-refractivity contribution in [1.82, 2.24) is 9.38 Å². The van der Waals surface area contributed by atoms with Crippen molar-refractivity contribution in [2.45, 2.75) is 12.7 Å². The number of fused-ring (bicyclic) bond motifs is 1. The Hall–Kier alpha value is -2.64. The van der Waals surface area contributed by atoms with Gasteiger partial charge in [0.1, 0.15) is 5.65 Å². The Bertz CT molecular complexity index is 1150. The molecule has 1 N–H and O–H groups in total. The molecule has 0 unspecified atom stereocenters. The Morgan fingerprint density at radius 2 is 2.04 bits per heavy atom. The van der Waals surface area contributed by atoms with Crippen LogP contribution in [-0.2, 0) is 20.4 Å². The van der Waals surface area contributed by atoms with E-state index in [-0.39, 0.29) is 11.7 Å². The highest BCUT2D eigenvalue weighted by Crippen LogP contribution is 2.22. The number of imidazole rings is 1. The zero-order valence-corrected chi connectivity index (χ0v) is 16.4. The number of aromatic nitrogens is 2. The predicted molar refractivity (Wildman–Crippen MR) is 108 cm³/mol. The van der Waals surface area contributed by atoms with E-state index in [4.69, 9.17) is 11.6 Å². The summed E-state index contributed by atoms with van der Waals surface area (Å²) in [7, 11) is -3.16. The van der Waals surface area contributed by atoms with Crippen molar-refractivity contribution in [2.24, 2.45) is 0 Å². The molecule has 0 aliphatic heterocycles. The molecule has 1 aromatic carbocycles. The molecule has 0 atom stereocenters. The second kappa shape index (κ2) is 7.54. The summed E-state index contributed by atoms with van der Waals surface area (Å²) < 4.78 is 24.9. The summed E-state index contributed by atoms with van der Waals surface area (Å²) in [5, 5.41) is 3.08. The Balaban J connectivity index is 1.81. The lowest BCUT2D eigenvalue weighted by atomic mass is 10.1. The second-order valence-corrected chi connectivity index (χ2v) is 8.70. The van der Waals surface area contributed by atoms with Gasteiger partial charge in [0.15, 0.2) is 15.0 Å². The molecule has 3 aromatic rings. The zero-order valence-electron chi connectivity index (χ0n) is 14.8. The van der Waals surface area contributed by atoms with Crippen molar-refractivity contribution in [1.29, 1.82) is 0 Å². The Labute approximate surface area is 162 Å². The van der Waals surface area contributed by atoms with Crippen LogP contribution in [0, 0.1) is 6.92 Å². The monoisotopic (exact) mass is 403 g/mol. The highest BCUT2D eigenvalue weighted by atomic mass is 35.5. The molecule has 0 bridgehead atoms. The van der Waals surface area contributed by atoms with Gasteiger partial charge in [0.2, 0.25) is 5.91 Å². The van der Waals surface area contributed by atoms with E-state index in [9.17, 15) is 13.2 Å². The summed E-state index contributed by atoms with van der Waals surface area (Å²) in [6.45, 7) is 1.78. The number of hydrogen-bond donors (Lipinski definition) is 1. The van der Waals surface area contributed by atoms with Crippen LogP contribution >= 0.6 is 11.6 Å². The minimum absolute atomic E-state index is 0.0736. The minimum atomic E-state index is -3.16. The summed E-state index contributed by atoms with van der Waals surface area (Å²) in [6.07, 6.45) is 5.95. The van der Waals surface area contributed by atoms with Gasteiger partial charge < -0.3 is 5.32 Å². The number of nitrogens with one attached hydrogen (secondary N) is 1. The quantitative estimate of drug-likeness (QED) is 0.661. The fraction of sp³-hybridized carbons (Fsp3) is 0.158. The average molecular weight is 404 g/mol. The van der Waals surface area contributed by atoms with Crippen LogP contribution in [0.4, 0.5) is 5.69 Å². The van der Waals surface area contributed by atoms with Gasteiger partial charge in [-0.1, -0.05) is 29.8 Å². The van der Waals surface area contributed by atoms with E-state index < -0.39 is 9.84 Å². The summed E-state index contributed by atoms with van der Waals surface area (Å²) in [4.78, 5) is 16.5. The molecule has 0 aliphatic carbocycles. The molecule has 6 nitrogen and oxygen atoms in total. The summed E-state index contributed by atoms with van der Waals surface area (Å²) in [5.74, 6) is -0.424. The molecule has 140 valence electrons. The molecule has 1 amide bonds. The van der Waals surface area contributed by atoms with Gasteiger partial charge in [-0.05, 0) is 42.3 Å². The molecule has 0 saturated heterocycles. The summed E-state index contributed by atoms with van der Waals surface area (Å²) in [5.41, 5.74) is 3.23. The molecular weight excluding hydrogens is 386 g/mol. The molecule has 8 heteroatoms. The van der Waals surface area contributed by atoms with Crippen LogP contribution in [0.3, 0.4) is 0 Å². The fourth-order valence-electron chi connectivity index (χ4n) is 2.72. The molecule has 27 heavy (non-hydrogen) atoms. The van der Waals surface area contributed by atoms with E-state index >= 15 is 0 Å². The molecule has 2 heterocycles. The van der Waals surface area contributed by atoms with E-state index in [0.29, 0.717) is 27.7 Å². The van der Waals surface area contributed by atoms with E-state index in [1.165, 1.54) is 12.3 Å². The maximum absolute atomic E-state index is 12.3. The van der Waals surface area contributed by atoms with E-state index in [1.807, 2.05) is 24.4 Å². The molecule has 2 aromatic heterocycles. The van der Waals surface area contributed by atoms with Gasteiger partial charge >= 0.3 is 0 Å². The number of sulfone groups is 1. The zero-order chi connectivity index (χ0) is 19.6. The highest BCUT2D eigenvalue weighted by molar-refractivity contribution is 7.89. The third-order valence-corrected chi connectivity index (χ3v) is 5.15. The number of anilines is 1. The van der Waals surface area contributed by atoms with Crippen molar-refractivity contribution in [3.8, 4) is 0 Å². The molecule has 0 saturated carbocycles. The molecule has 0 aliphatic rings. The van der Waals surface area contributed by atoms with Gasteiger partial charge in [-0.3, -0.25) is 9.20 Å². The van der Waals surface area contributed by atoms with Crippen LogP contribution in [0.2, 0.25) is 5.15 Å². The van der Waals surface area contributed by atoms with Crippen molar-refractivity contribution in [2.75, 3.05) is 11.6 Å². The van der Waals surface area contributed by atoms with Gasteiger partial charge in [-0.25, -0.2) is 13.4 Å². The standard InChI is InChI=1S/C19H18ClN3O3S/c1-13-14(12-27(2,25)26)6-5-7-15(13)21-18(24)10-9-16-19(20)22-17-8-3-4-11-23(16)17/h3-11H,12H2,1-2H3,(H,21,24). The average Bonchev–Trinajstić information content (AvgIpc) is 2.90. The van der Waals surface area contributed by atoms with Crippen LogP contribution in [0.15, 0.2) is 48.7 Å². The van der Waals surface area contributed by atoms with Crippen LogP contribution in [0.25, 0.3) is 11.7 Å². The lowest BCUT2D eigenvalue weighted by molar-refractivity contribution is -0.111. The van der Waals surface area contributed by atoms with E-state index in [2.05, 4.69) is 10.3 Å². The largest absolute Gasteiger partial charge is 0.322 e. The number of carbonyl (C=O) groups excluding carboxylic acids is 1. The summed E-state index contributed by atoms with van der Waals surface area (Å²) in [6, 6.07) is 10.7. The first-order chi connectivity index (χ1) is 12.7. The van der Waals surface area contributed by atoms with E-state index in [0.717, 1.165) is 5.56 Å². The lowest BCUT2D eigenvalue weighted by Crippen LogP contribution is -2.11. The Morgan fingerprint density at radius 1 is 1.26 bits per heavy atom. The maximum Gasteiger partial charge on any atom is 0.248 e. The van der Waals surface area contributed by atoms with Crippen LogP contribution in [0.1, 0.15) is 16.8 Å². The number of benzene rings is 1. The molecule has 0 fully saturated rings. The van der Waals surface area contributed by atoms with Gasteiger partial charge in [0.25, 0.3) is 0 Å². The molecule has 0 radical (unpaired) electrons. The number of hydrogen-bond acceptors (Lipinski definition) is 4. The number of carbonyl (C=O) groups is 1. The number of pyridine rings is 1. The van der Waals surface area contributed by atoms with Crippen molar-refractivity contribution >= 4 is 44.8 Å². The first-order valence-electron chi connectivity index (χ1n) is 8.12. The topological polar surface area (TPSA) is 80.5 Å². The fourth-order valence-corrected chi connectivity index (χ4v) is 3.84. The molecule has 0 spiro atoms. The molecule has 3 rings (SSSR count). The number of rotatable bonds is 5. The van der Waals surface area contributed by atoms with Crippen LogP contribution < -0.4 is 5.32 Å². The Morgan fingerprint density at radius 3 is 2.78 bits per heavy atom. The van der Waals surface area contributed by atoms with Crippen LogP contribution in [0.5, 0.6) is 0 Å². The van der Waals surface area contributed by atoms with Gasteiger partial charge in [0.05, 0.1) is 11.4 Å². The smallest absolute Gasteiger partial charge is 0.248 e. The predicted octanol–water partition coefficient (Wildman–Crippen LogP) is 3.49. The number of halogens is 1. The van der Waals surface area contributed by atoms with Crippen molar-refractivity contribution < 1.29 is 13.2 Å². The van der Waals surface area contributed by atoms with E-state index in [1.54, 1.807) is 35.6 Å². The normalized spacial score (nSPS) is 12.0. The maximum atomic E-state index is 12.3. The lowest BCUT2D eigenvalue weighted by Gasteiger charge is -2.11. The number of amides is 1. The molecular formula is C19H18ClN3O3S. The SMILES string of the molecule is Cc1c(CS(C)(=O)=O)cccc1NC(=O)C=Cc1c(Cl)nc2ccccn12. The van der Waals surface area contributed by atoms with Gasteiger partial charge in [0, 0.05) is 24.2 Å². The second-order valence-electron chi connectivity index (χ2n) is 6.20. The minimum Gasteiger partial charge on any atom is -0.322 e. The van der Waals surface area contributed by atoms with Crippen molar-refractivity contribution in [3.05, 3.63) is 70.6 Å². The first kappa shape index (κ1) is 19.1. The van der Waals surface area contributed by atoms with Crippen LogP contribution in [-0.4, -0.2) is 30.0 Å². The third-order valence-electron chi connectivity index (χ3n) is 4.04. The van der Waals surface area contributed by atoms with Gasteiger partial charge in [-0.2, -0.15) is 0 Å². The first-order valence-corrected chi connectivity index (χ1v) is 10.6.